The summed E-state index contributed by atoms with van der Waals surface area (Å²) in [6, 6.07) is -2.28. The van der Waals surface area contributed by atoms with Crippen molar-refractivity contribution < 1.29 is 170 Å². The summed E-state index contributed by atoms with van der Waals surface area (Å²) in [4.78, 5) is 145. The van der Waals surface area contributed by atoms with Crippen molar-refractivity contribution in [3.8, 4) is 0 Å². The van der Waals surface area contributed by atoms with Gasteiger partial charge in [0.15, 0.2) is 0 Å². The third-order valence-electron chi connectivity index (χ3n) is 13.9. The van der Waals surface area contributed by atoms with Crippen LogP contribution in [0.1, 0.15) is 134 Å². The van der Waals surface area contributed by atoms with Crippen molar-refractivity contribution in [3.63, 3.8) is 0 Å². The molecule has 9 radical (unpaired) electrons. The Bertz CT molecular complexity index is 2590. The molecule has 3 heterocycles. The number of aromatic nitrogens is 9. The quantitative estimate of drug-likeness (QED) is 0.0188. The monoisotopic (exact) mass is 1670 g/mol. The van der Waals surface area contributed by atoms with Gasteiger partial charge < -0.3 is 79.3 Å². The maximum Gasteiger partial charge on any atom is 0.239 e. The summed E-state index contributed by atoms with van der Waals surface area (Å²) >= 11 is 0. The summed E-state index contributed by atoms with van der Waals surface area (Å²) in [6.45, 7) is 12.2. The second-order valence-electron chi connectivity index (χ2n) is 22.0. The van der Waals surface area contributed by atoms with Crippen LogP contribution in [0.4, 0.5) is 0 Å². The molecule has 3 rings (SSSR count). The van der Waals surface area contributed by atoms with Crippen LogP contribution in [-0.2, 0) is 209 Å². The van der Waals surface area contributed by atoms with Crippen molar-refractivity contribution in [1.82, 2.24) is 97.7 Å². The van der Waals surface area contributed by atoms with E-state index in [9.17, 15) is 57.5 Å². The van der Waals surface area contributed by atoms with Gasteiger partial charge in [-0.1, -0.05) is 36.1 Å². The largest absolute Gasteiger partial charge is 0.380 e. The summed E-state index contributed by atoms with van der Waals surface area (Å²) in [5.74, 6) is -4.34. The van der Waals surface area contributed by atoms with E-state index in [4.69, 9.17) is 31.4 Å². The van der Waals surface area contributed by atoms with Gasteiger partial charge in [0.05, 0.1) is 118 Å². The topological polar surface area (TPSA) is 514 Å². The number of hydrogen-bond donors (Lipinski definition) is 12. The number of hydrogen-bond acceptors (Lipinski definition) is 22. The van der Waals surface area contributed by atoms with Gasteiger partial charge in [0.1, 0.15) is 38.1 Å². The van der Waals surface area contributed by atoms with Gasteiger partial charge in [-0.2, -0.15) is 0 Å². The molecule has 0 bridgehead atoms. The molecule has 12 amide bonds. The van der Waals surface area contributed by atoms with Crippen molar-refractivity contribution in [2.45, 2.75) is 195 Å². The average molecular weight is 1670 g/mol. The molecule has 0 aliphatic carbocycles. The number of nitrogens with two attached hydrogens (primary N) is 3. The molecule has 0 saturated carbocycles. The number of unbranched alkanes of at least 4 members (excludes halogenated alkanes) is 3. The molecule has 0 fully saturated rings. The molecule has 3 atom stereocenters. The van der Waals surface area contributed by atoms with Crippen molar-refractivity contribution >= 4 is 94.4 Å². The van der Waals surface area contributed by atoms with Gasteiger partial charge in [-0.15, -0.1) is 15.3 Å². The van der Waals surface area contributed by atoms with Crippen molar-refractivity contribution in [2.24, 2.45) is 17.2 Å². The van der Waals surface area contributed by atoms with Gasteiger partial charge in [-0.3, -0.25) is 62.4 Å². The molecule has 563 valence electrons. The molecular formula is C60H105B3N22O15Y3. The number of primary amides is 3. The smallest absolute Gasteiger partial charge is 0.239 e. The van der Waals surface area contributed by atoms with E-state index >= 15 is 0 Å². The summed E-state index contributed by atoms with van der Waals surface area (Å²) in [7, 11) is 13.5. The van der Waals surface area contributed by atoms with Crippen molar-refractivity contribution in [2.75, 3.05) is 78.9 Å². The number of nitrogens with one attached hydrogen (secondary N) is 9. The van der Waals surface area contributed by atoms with Gasteiger partial charge in [0.25, 0.3) is 0 Å². The minimum atomic E-state index is -0.759. The molecule has 0 spiro atoms. The number of ether oxygens (including phenoxy) is 3. The Balaban J connectivity index is -0.00000529. The van der Waals surface area contributed by atoms with Gasteiger partial charge in [-0.25, -0.2) is 14.0 Å². The Labute approximate surface area is 682 Å². The van der Waals surface area contributed by atoms with Crippen LogP contribution in [-0.4, -0.2) is 241 Å². The molecule has 0 unspecified atom stereocenters. The molecule has 103 heavy (non-hydrogen) atoms. The first-order valence-electron chi connectivity index (χ1n) is 33.2. The minimum absolute atomic E-state index is 0. The third-order valence-corrected chi connectivity index (χ3v) is 13.9. The molecule has 3 aromatic heterocycles. The summed E-state index contributed by atoms with van der Waals surface area (Å²) in [6.07, 6.45) is 11.1. The Morgan fingerprint density at radius 1 is 0.388 bits per heavy atom. The van der Waals surface area contributed by atoms with E-state index < -0.39 is 35.8 Å². The summed E-state index contributed by atoms with van der Waals surface area (Å²) in [5.41, 5.74) is 17.7. The van der Waals surface area contributed by atoms with Crippen LogP contribution in [0.2, 0.25) is 20.5 Å². The first-order chi connectivity index (χ1) is 48.0. The second-order valence-corrected chi connectivity index (χ2v) is 22.0. The first kappa shape index (κ1) is 104. The Morgan fingerprint density at radius 2 is 0.631 bits per heavy atom. The molecule has 0 aliphatic rings. The van der Waals surface area contributed by atoms with Crippen LogP contribution in [0.25, 0.3) is 0 Å². The standard InChI is InChI=1S/C57H96N22O15.3CH3B.3Y/c1-40(80)67-46(55(58)89)10-4-7-22-61-49(83)16-13-43-34-77(73-70-43)37-64-52(86)19-28-92-31-25-76(26-32-93-29-20-53(87)65-38-78-35-44(71-74-78)14-17-50(84)62-23-8-5-11-47(56(59)90)68-41(2)81)27-33-94-30-21-54(88)66-39-79-36-45(72-75-79)15-18-51(85)63-24-9-6-12-48(57(60)91)69-42(3)82;3*1-2;;;/h34-36,46-48H,4-33,37-39H2,1-3H3,(H2,58,89)(H2,59,90)(H2,60,91)(H,61,83)(H,62,84)(H,63,85)(H,64,86)(H,65,87)(H,66,88)(H,67,80)(H,68,81)(H,69,82);3*1H3;;;/t46-,47-,48-;;;;;;/m0....../s1. The Hall–Kier alpha value is -5.59. The average Bonchev–Trinajstić information content (AvgIpc) is 1.56. The van der Waals surface area contributed by atoms with Gasteiger partial charge in [0, 0.05) is 197 Å². The summed E-state index contributed by atoms with van der Waals surface area (Å²) < 4.78 is 21.7. The second kappa shape index (κ2) is 67.0. The zero-order chi connectivity index (χ0) is 74.9. The van der Waals surface area contributed by atoms with Crippen LogP contribution < -0.4 is 65.1 Å². The normalized spacial score (nSPS) is 11.1. The van der Waals surface area contributed by atoms with Crippen molar-refractivity contribution in [3.05, 3.63) is 35.7 Å². The Kier molecular flexibility index (Phi) is 67.5. The molecule has 15 N–H and O–H groups in total. The first-order valence-corrected chi connectivity index (χ1v) is 33.2. The van der Waals surface area contributed by atoms with Crippen LogP contribution in [0.3, 0.4) is 0 Å². The molecule has 3 aromatic rings. The van der Waals surface area contributed by atoms with E-state index in [1.807, 2.05) is 4.90 Å². The van der Waals surface area contributed by atoms with Crippen LogP contribution >= 0.6 is 0 Å². The number of carbonyl (C=O) groups excluding carboxylic acids is 12. The van der Waals surface area contributed by atoms with E-state index in [0.29, 0.717) is 133 Å². The van der Waals surface area contributed by atoms with Crippen LogP contribution in [0.5, 0.6) is 0 Å². The van der Waals surface area contributed by atoms with E-state index in [-0.39, 0.29) is 249 Å². The molecule has 37 nitrogen and oxygen atoms in total. The fourth-order valence-electron chi connectivity index (χ4n) is 8.77. The SMILES string of the molecule is CC(=O)N[C@@H](CCCCNC(=O)CCc1cn(CNC(=O)CCOCCN(CCOCCC(=O)NCn2cc(CCC(=O)NCCCC[C@H](NC(C)=O)C(N)=O)nn2)CCOCCC(=O)NCn2cc(CCC(=O)NCCCC[C@H](NC(C)=O)C(N)=O)nn2)nn1)C(N)=O.[B]C.[B]C.[B]C.[Y].[Y].[Y]. The molecular weight excluding hydrogens is 1570 g/mol. The minimum Gasteiger partial charge on any atom is -0.380 e. The summed E-state index contributed by atoms with van der Waals surface area (Å²) in [5, 5.41) is 48.5. The fourth-order valence-corrected chi connectivity index (χ4v) is 8.77. The number of aryl methyl sites for hydroxylation is 3. The predicted octanol–water partition coefficient (Wildman–Crippen LogP) is -4.17. The number of nitrogens with zero attached hydrogens (tertiary/aromatic N) is 10. The van der Waals surface area contributed by atoms with Crippen molar-refractivity contribution in [1.29, 1.82) is 0 Å². The zero-order valence-electron chi connectivity index (χ0n) is 60.6. The number of amides is 12. The molecule has 0 aliphatic heterocycles. The van der Waals surface area contributed by atoms with Gasteiger partial charge in [-0.05, 0) is 57.8 Å². The van der Waals surface area contributed by atoms with E-state index in [1.165, 1.54) is 55.3 Å². The van der Waals surface area contributed by atoms with Crippen LogP contribution in [0.15, 0.2) is 18.6 Å². The van der Waals surface area contributed by atoms with E-state index in [2.05, 4.69) is 102 Å². The zero-order valence-corrected chi connectivity index (χ0v) is 69.1. The molecule has 0 saturated heterocycles. The third kappa shape index (κ3) is 56.4. The molecule has 43 heteroatoms. The van der Waals surface area contributed by atoms with Crippen LogP contribution in [0, 0.1) is 0 Å². The van der Waals surface area contributed by atoms with E-state index in [1.54, 1.807) is 18.6 Å². The maximum absolute atomic E-state index is 12.7. The molecule has 0 aromatic carbocycles. The van der Waals surface area contributed by atoms with E-state index in [0.717, 1.165) is 0 Å². The Morgan fingerprint density at radius 3 is 0.864 bits per heavy atom. The van der Waals surface area contributed by atoms with Gasteiger partial charge >= 0.3 is 0 Å². The number of carbonyl (C=O) groups is 12. The fraction of sp³-hybridized carbons (Fsp3) is 0.700. The number of rotatable bonds is 54. The maximum atomic E-state index is 12.7. The predicted molar refractivity (Wildman–Crippen MR) is 368 cm³/mol. The van der Waals surface area contributed by atoms with Gasteiger partial charge in [0.2, 0.25) is 70.9 Å².